The molecule has 3 atom stereocenters. The van der Waals surface area contributed by atoms with Gasteiger partial charge in [0.25, 0.3) is 5.56 Å². The fraction of sp³-hybridized carbons (Fsp3) is 0.364. The number of allylic oxidation sites excluding steroid dienone is 1. The Labute approximate surface area is 173 Å². The first-order valence-electron chi connectivity index (χ1n) is 9.79. The quantitative estimate of drug-likeness (QED) is 0.548. The van der Waals surface area contributed by atoms with Crippen molar-refractivity contribution in [3.8, 4) is 0 Å². The first-order chi connectivity index (χ1) is 14.4. The highest BCUT2D eigenvalue weighted by Crippen LogP contribution is 2.30. The molecule has 1 aromatic heterocycles. The molecule has 1 aromatic carbocycles. The van der Waals surface area contributed by atoms with Crippen LogP contribution in [0.25, 0.3) is 0 Å². The topological polar surface area (TPSA) is 107 Å². The van der Waals surface area contributed by atoms with Gasteiger partial charge in [-0.05, 0) is 24.1 Å². The molecule has 8 nitrogen and oxygen atoms in total. The monoisotopic (exact) mass is 412 g/mol. The molecule has 1 fully saturated rings. The van der Waals surface area contributed by atoms with Crippen molar-refractivity contribution < 1.29 is 19.1 Å². The number of benzene rings is 1. The molecule has 0 unspecified atom stereocenters. The van der Waals surface area contributed by atoms with E-state index in [2.05, 4.69) is 4.98 Å². The lowest BCUT2D eigenvalue weighted by Crippen LogP contribution is -2.34. The zero-order chi connectivity index (χ0) is 21.7. The summed E-state index contributed by atoms with van der Waals surface area (Å²) in [7, 11) is 0. The second kappa shape index (κ2) is 9.49. The van der Waals surface area contributed by atoms with Crippen molar-refractivity contribution >= 4 is 11.8 Å². The van der Waals surface area contributed by atoms with Crippen LogP contribution in [0.4, 0.5) is 0 Å². The van der Waals surface area contributed by atoms with Crippen molar-refractivity contribution in [2.75, 3.05) is 0 Å². The van der Waals surface area contributed by atoms with E-state index in [-0.39, 0.29) is 18.6 Å². The van der Waals surface area contributed by atoms with E-state index >= 15 is 0 Å². The molecule has 3 rings (SSSR count). The molecular weight excluding hydrogens is 388 g/mol. The van der Waals surface area contributed by atoms with E-state index in [1.165, 1.54) is 23.8 Å². The van der Waals surface area contributed by atoms with Gasteiger partial charge in [0, 0.05) is 31.5 Å². The zero-order valence-corrected chi connectivity index (χ0v) is 16.9. The number of aromatic nitrogens is 2. The number of hydrogen-bond donors (Lipinski definition) is 1. The van der Waals surface area contributed by atoms with Crippen LogP contribution in [0.15, 0.2) is 58.3 Å². The smallest absolute Gasteiger partial charge is 0.330 e. The van der Waals surface area contributed by atoms with Gasteiger partial charge in [-0.3, -0.25) is 23.9 Å². The number of hydrogen-bond acceptors (Lipinski definition) is 6. The molecule has 1 N–H and O–H groups in total. The number of aryl methyl sites for hydroxylation is 1. The molecule has 0 bridgehead atoms. The van der Waals surface area contributed by atoms with Gasteiger partial charge in [-0.1, -0.05) is 37.3 Å². The molecule has 30 heavy (non-hydrogen) atoms. The van der Waals surface area contributed by atoms with E-state index in [1.807, 2.05) is 30.3 Å². The fourth-order valence-corrected chi connectivity index (χ4v) is 3.39. The van der Waals surface area contributed by atoms with E-state index in [9.17, 15) is 19.2 Å². The summed E-state index contributed by atoms with van der Waals surface area (Å²) in [5.74, 6) is -0.606. The van der Waals surface area contributed by atoms with Gasteiger partial charge >= 0.3 is 11.7 Å². The van der Waals surface area contributed by atoms with Crippen LogP contribution in [0.2, 0.25) is 0 Å². The van der Waals surface area contributed by atoms with Crippen LogP contribution in [-0.2, 0) is 31.9 Å². The summed E-state index contributed by atoms with van der Waals surface area (Å²) < 4.78 is 12.5. The van der Waals surface area contributed by atoms with Crippen LogP contribution >= 0.6 is 0 Å². The molecule has 0 amide bonds. The highest BCUT2D eigenvalue weighted by molar-refractivity contribution is 5.91. The predicted octanol–water partition coefficient (Wildman–Crippen LogP) is 1.69. The second-order valence-corrected chi connectivity index (χ2v) is 7.10. The highest BCUT2D eigenvalue weighted by atomic mass is 16.6. The van der Waals surface area contributed by atoms with Gasteiger partial charge in [0.2, 0.25) is 0 Å². The van der Waals surface area contributed by atoms with Gasteiger partial charge < -0.3 is 9.47 Å². The van der Waals surface area contributed by atoms with Gasteiger partial charge in [0.1, 0.15) is 18.4 Å². The predicted molar refractivity (Wildman–Crippen MR) is 109 cm³/mol. The average molecular weight is 412 g/mol. The first-order valence-corrected chi connectivity index (χ1v) is 9.79. The Hall–Kier alpha value is -3.26. The van der Waals surface area contributed by atoms with Crippen molar-refractivity contribution in [1.82, 2.24) is 9.55 Å². The molecule has 158 valence electrons. The Morgan fingerprint density at radius 1 is 1.27 bits per heavy atom. The number of aromatic amines is 1. The van der Waals surface area contributed by atoms with Crippen LogP contribution in [0.1, 0.15) is 37.6 Å². The fourth-order valence-electron chi connectivity index (χ4n) is 3.39. The summed E-state index contributed by atoms with van der Waals surface area (Å²) in [5, 5.41) is 0. The molecular formula is C22H24N2O6. The highest BCUT2D eigenvalue weighted by Gasteiger charge is 2.37. The molecule has 1 aliphatic rings. The Kier molecular flexibility index (Phi) is 6.79. The van der Waals surface area contributed by atoms with Crippen molar-refractivity contribution in [2.45, 2.75) is 51.5 Å². The molecule has 0 spiro atoms. The van der Waals surface area contributed by atoms with Crippen LogP contribution in [-0.4, -0.2) is 33.5 Å². The summed E-state index contributed by atoms with van der Waals surface area (Å²) in [5.41, 5.74) is 0.296. The number of ether oxygens (including phenoxy) is 2. The minimum absolute atomic E-state index is 0.121. The van der Waals surface area contributed by atoms with Crippen LogP contribution in [0.5, 0.6) is 0 Å². The van der Waals surface area contributed by atoms with E-state index in [0.717, 1.165) is 5.56 Å². The third-order valence-electron chi connectivity index (χ3n) is 4.86. The molecule has 1 saturated heterocycles. The maximum absolute atomic E-state index is 12.3. The summed E-state index contributed by atoms with van der Waals surface area (Å²) in [6.45, 7) is 3.09. The second-order valence-electron chi connectivity index (χ2n) is 7.10. The summed E-state index contributed by atoms with van der Waals surface area (Å²) in [4.78, 5) is 50.1. The molecule has 0 radical (unpaired) electrons. The maximum Gasteiger partial charge on any atom is 0.330 e. The first kappa shape index (κ1) is 21.4. The summed E-state index contributed by atoms with van der Waals surface area (Å²) in [6.07, 6.45) is 3.25. The molecule has 0 aliphatic carbocycles. The minimum Gasteiger partial charge on any atom is -0.459 e. The third-order valence-corrected chi connectivity index (χ3v) is 4.86. The van der Waals surface area contributed by atoms with Crippen molar-refractivity contribution in [1.29, 1.82) is 0 Å². The maximum atomic E-state index is 12.3. The number of carbonyl (C=O) groups excluding carboxylic acids is 2. The third kappa shape index (κ3) is 5.21. The average Bonchev–Trinajstić information content (AvgIpc) is 3.09. The number of H-pyrrole nitrogens is 1. The number of rotatable bonds is 7. The summed E-state index contributed by atoms with van der Waals surface area (Å²) >= 11 is 0. The van der Waals surface area contributed by atoms with E-state index in [1.54, 1.807) is 13.0 Å². The van der Waals surface area contributed by atoms with Crippen molar-refractivity contribution in [2.24, 2.45) is 0 Å². The van der Waals surface area contributed by atoms with Gasteiger partial charge in [0.05, 0.1) is 0 Å². The standard InChI is InChI=1S/C22H24N2O6/c1-3-16-13-24(22(28)23-21(16)27)20-12-19(29-14(2)25)18(30-20)10-9-17(26)11-15-7-5-4-6-8-15/h4-10,13,18-20H,3,11-12H2,1-2H3,(H,23,27,28)/b10-9+/t18-,19+,20-/m1/s1. The van der Waals surface area contributed by atoms with Crippen LogP contribution < -0.4 is 11.2 Å². The number of carbonyl (C=O) groups is 2. The SMILES string of the molecule is CCc1cn([C@H]2C[C@H](OC(C)=O)[C@@H](/C=C/C(=O)Cc3ccccc3)O2)c(=O)[nH]c1=O. The Bertz CT molecular complexity index is 1050. The Morgan fingerprint density at radius 3 is 2.67 bits per heavy atom. The number of nitrogens with zero attached hydrogens (tertiary/aromatic N) is 1. The van der Waals surface area contributed by atoms with E-state index in [0.29, 0.717) is 12.0 Å². The normalized spacial score (nSPS) is 21.1. The van der Waals surface area contributed by atoms with E-state index in [4.69, 9.17) is 9.47 Å². The summed E-state index contributed by atoms with van der Waals surface area (Å²) in [6, 6.07) is 9.33. The lowest BCUT2D eigenvalue weighted by Gasteiger charge is -2.15. The van der Waals surface area contributed by atoms with Crippen LogP contribution in [0.3, 0.4) is 0 Å². The van der Waals surface area contributed by atoms with Gasteiger partial charge in [-0.2, -0.15) is 0 Å². The molecule has 2 aromatic rings. The van der Waals surface area contributed by atoms with Crippen molar-refractivity contribution in [3.63, 3.8) is 0 Å². The Balaban J connectivity index is 1.78. The number of esters is 1. The molecule has 0 saturated carbocycles. The molecule has 2 heterocycles. The lowest BCUT2D eigenvalue weighted by atomic mass is 10.1. The van der Waals surface area contributed by atoms with Gasteiger partial charge in [-0.15, -0.1) is 0 Å². The Morgan fingerprint density at radius 2 is 2.00 bits per heavy atom. The molecule has 8 heteroatoms. The van der Waals surface area contributed by atoms with Gasteiger partial charge in [0.15, 0.2) is 5.78 Å². The number of nitrogens with one attached hydrogen (secondary N) is 1. The van der Waals surface area contributed by atoms with Crippen LogP contribution in [0, 0.1) is 0 Å². The lowest BCUT2D eigenvalue weighted by molar-refractivity contribution is -0.147. The van der Waals surface area contributed by atoms with Crippen molar-refractivity contribution in [3.05, 3.63) is 80.6 Å². The van der Waals surface area contributed by atoms with Gasteiger partial charge in [-0.25, -0.2) is 4.79 Å². The zero-order valence-electron chi connectivity index (χ0n) is 16.9. The minimum atomic E-state index is -0.733. The van der Waals surface area contributed by atoms with E-state index < -0.39 is 35.7 Å². The number of ketones is 1. The largest absolute Gasteiger partial charge is 0.459 e. The molecule has 1 aliphatic heterocycles.